The number of allylic oxidation sites excluding steroid dienone is 2. The summed E-state index contributed by atoms with van der Waals surface area (Å²) in [6.07, 6.45) is 6.76. The van der Waals surface area contributed by atoms with Crippen LogP contribution in [0.25, 0.3) is 5.57 Å². The Labute approximate surface area is 153 Å². The molecule has 0 aliphatic heterocycles. The predicted octanol–water partition coefficient (Wildman–Crippen LogP) is 4.56. The van der Waals surface area contributed by atoms with Crippen molar-refractivity contribution in [1.29, 1.82) is 0 Å². The number of rotatable bonds is 4. The van der Waals surface area contributed by atoms with Gasteiger partial charge in [0.05, 0.1) is 13.0 Å². The highest BCUT2D eigenvalue weighted by molar-refractivity contribution is 5.74. The van der Waals surface area contributed by atoms with Gasteiger partial charge in [-0.05, 0) is 56.9 Å². The molecule has 0 saturated heterocycles. The number of carbonyl (C=O) groups is 1. The van der Waals surface area contributed by atoms with Crippen molar-refractivity contribution in [3.05, 3.63) is 29.5 Å². The van der Waals surface area contributed by atoms with Crippen molar-refractivity contribution in [1.82, 2.24) is 4.98 Å². The number of fused-ring (bicyclic) bond motifs is 4. The lowest BCUT2D eigenvalue weighted by Gasteiger charge is -2.39. The van der Waals surface area contributed by atoms with E-state index in [1.165, 1.54) is 7.11 Å². The maximum absolute atomic E-state index is 14.4. The van der Waals surface area contributed by atoms with Gasteiger partial charge in [0.2, 0.25) is 0 Å². The molecule has 142 valence electrons. The number of nitrogens with one attached hydrogen (secondary N) is 1. The van der Waals surface area contributed by atoms with Crippen LogP contribution < -0.4 is 5.32 Å². The smallest absolute Gasteiger partial charge is 0.311 e. The highest BCUT2D eigenvalue weighted by Gasteiger charge is 2.46. The fourth-order valence-electron chi connectivity index (χ4n) is 4.49. The van der Waals surface area contributed by atoms with Crippen molar-refractivity contribution < 1.29 is 18.3 Å². The van der Waals surface area contributed by atoms with Gasteiger partial charge in [0, 0.05) is 12.1 Å². The predicted molar refractivity (Wildman–Crippen MR) is 96.5 cm³/mol. The Balaban J connectivity index is 1.96. The van der Waals surface area contributed by atoms with E-state index in [0.717, 1.165) is 38.2 Å². The first-order valence-corrected chi connectivity index (χ1v) is 9.30. The molecule has 0 amide bonds. The number of hydrogen-bond donors (Lipinski definition) is 1. The Hall–Kier alpha value is -1.98. The van der Waals surface area contributed by atoms with Crippen molar-refractivity contribution in [2.24, 2.45) is 17.8 Å². The van der Waals surface area contributed by atoms with E-state index >= 15 is 0 Å². The zero-order valence-corrected chi connectivity index (χ0v) is 15.5. The van der Waals surface area contributed by atoms with Gasteiger partial charge in [-0.15, -0.1) is 0 Å². The molecular weight excluding hydrogens is 338 g/mol. The summed E-state index contributed by atoms with van der Waals surface area (Å²) < 4.78 is 33.5. The Morgan fingerprint density at radius 3 is 2.62 bits per heavy atom. The first-order chi connectivity index (χ1) is 12.5. The molecule has 2 bridgehead atoms. The molecule has 1 aromatic heterocycles. The van der Waals surface area contributed by atoms with Crippen LogP contribution in [0.15, 0.2) is 12.1 Å². The van der Waals surface area contributed by atoms with E-state index in [2.05, 4.69) is 10.3 Å². The summed E-state index contributed by atoms with van der Waals surface area (Å²) in [5.74, 6) is -1.50. The van der Waals surface area contributed by atoms with Crippen LogP contribution in [0.5, 0.6) is 0 Å². The maximum atomic E-state index is 14.4. The van der Waals surface area contributed by atoms with Crippen molar-refractivity contribution in [3.63, 3.8) is 0 Å². The Bertz CT molecular complexity index is 716. The van der Waals surface area contributed by atoms with Crippen LogP contribution in [0, 0.1) is 29.4 Å². The minimum Gasteiger partial charge on any atom is -0.469 e. The number of halogens is 2. The van der Waals surface area contributed by atoms with E-state index in [9.17, 15) is 13.6 Å². The Kier molecular flexibility index (Phi) is 5.58. The number of aromatic nitrogens is 1. The number of carbonyl (C=O) groups excluding carboxylic acids is 1. The molecule has 0 spiro atoms. The molecule has 6 heteroatoms. The molecule has 1 aromatic rings. The minimum absolute atomic E-state index is 0.00838. The fourth-order valence-corrected chi connectivity index (χ4v) is 4.49. The molecule has 0 radical (unpaired) electrons. The van der Waals surface area contributed by atoms with Crippen LogP contribution in [0.2, 0.25) is 0 Å². The summed E-state index contributed by atoms with van der Waals surface area (Å²) in [5, 5.41) is 3.15. The highest BCUT2D eigenvalue weighted by atomic mass is 19.1. The normalized spacial score (nSPS) is 28.6. The van der Waals surface area contributed by atoms with Crippen LogP contribution in [0.3, 0.4) is 0 Å². The highest BCUT2D eigenvalue weighted by Crippen LogP contribution is 2.44. The Morgan fingerprint density at radius 1 is 1.23 bits per heavy atom. The first-order valence-electron chi connectivity index (χ1n) is 9.30. The average molecular weight is 364 g/mol. The van der Waals surface area contributed by atoms with Gasteiger partial charge in [-0.3, -0.25) is 4.79 Å². The fraction of sp³-hybridized carbons (Fsp3) is 0.600. The summed E-state index contributed by atoms with van der Waals surface area (Å²) in [6, 6.07) is 0.620. The summed E-state index contributed by atoms with van der Waals surface area (Å²) >= 11 is 0. The average Bonchev–Trinajstić information content (AvgIpc) is 2.97. The lowest BCUT2D eigenvalue weighted by Crippen LogP contribution is -2.47. The van der Waals surface area contributed by atoms with Gasteiger partial charge >= 0.3 is 5.97 Å². The van der Waals surface area contributed by atoms with Gasteiger partial charge in [0.1, 0.15) is 5.69 Å². The third-order valence-electron chi connectivity index (χ3n) is 5.97. The van der Waals surface area contributed by atoms with Crippen LogP contribution in [0.1, 0.15) is 51.6 Å². The molecule has 3 aliphatic rings. The van der Waals surface area contributed by atoms with Gasteiger partial charge in [0.15, 0.2) is 17.5 Å². The zero-order chi connectivity index (χ0) is 18.8. The molecule has 0 aromatic carbocycles. The van der Waals surface area contributed by atoms with E-state index in [-0.39, 0.29) is 41.3 Å². The van der Waals surface area contributed by atoms with Crippen molar-refractivity contribution >= 4 is 17.4 Å². The molecule has 4 nitrogen and oxygen atoms in total. The number of esters is 1. The topological polar surface area (TPSA) is 51.2 Å². The Morgan fingerprint density at radius 2 is 1.92 bits per heavy atom. The molecule has 26 heavy (non-hydrogen) atoms. The zero-order valence-electron chi connectivity index (χ0n) is 15.5. The van der Waals surface area contributed by atoms with E-state index in [1.807, 2.05) is 0 Å². The van der Waals surface area contributed by atoms with E-state index in [4.69, 9.17) is 4.74 Å². The molecular formula is C20H26F2N2O2. The molecule has 4 unspecified atom stereocenters. The second kappa shape index (κ2) is 7.72. The molecule has 4 rings (SSSR count). The standard InChI is InChI=1S/C20H26F2N2O2/c1-4-11(2)17-14(21)10-15(22)19(23-17)24-18-13-7-5-6-12(8-9-13)16(18)20(25)26-3/h4,10,12-13,16,18H,5-9H2,1-3H3,(H,23,24). The quantitative estimate of drug-likeness (QED) is 0.796. The van der Waals surface area contributed by atoms with Gasteiger partial charge in [-0.2, -0.15) is 0 Å². The summed E-state index contributed by atoms with van der Waals surface area (Å²) in [5.41, 5.74) is 0.766. The number of pyridine rings is 1. The number of methoxy groups -OCH3 is 1. The maximum Gasteiger partial charge on any atom is 0.311 e. The molecule has 3 saturated carbocycles. The summed E-state index contributed by atoms with van der Waals surface area (Å²) in [4.78, 5) is 16.6. The van der Waals surface area contributed by atoms with Crippen LogP contribution in [-0.4, -0.2) is 24.1 Å². The third kappa shape index (κ3) is 3.46. The van der Waals surface area contributed by atoms with E-state index in [1.54, 1.807) is 19.9 Å². The van der Waals surface area contributed by atoms with E-state index < -0.39 is 11.6 Å². The van der Waals surface area contributed by atoms with Crippen molar-refractivity contribution in [2.75, 3.05) is 12.4 Å². The largest absolute Gasteiger partial charge is 0.469 e. The lowest BCUT2D eigenvalue weighted by molar-refractivity contribution is -0.149. The van der Waals surface area contributed by atoms with Crippen LogP contribution in [-0.2, 0) is 9.53 Å². The van der Waals surface area contributed by atoms with Gasteiger partial charge in [-0.25, -0.2) is 13.8 Å². The van der Waals surface area contributed by atoms with Crippen molar-refractivity contribution in [3.8, 4) is 0 Å². The second-order valence-corrected chi connectivity index (χ2v) is 7.37. The van der Waals surface area contributed by atoms with Crippen LogP contribution >= 0.6 is 0 Å². The number of anilines is 1. The monoisotopic (exact) mass is 364 g/mol. The lowest BCUT2D eigenvalue weighted by atomic mass is 9.71. The molecule has 1 N–H and O–H groups in total. The van der Waals surface area contributed by atoms with E-state index in [0.29, 0.717) is 5.57 Å². The first kappa shape index (κ1) is 18.8. The number of nitrogens with zero attached hydrogens (tertiary/aromatic N) is 1. The summed E-state index contributed by atoms with van der Waals surface area (Å²) in [6.45, 7) is 3.52. The molecule has 1 heterocycles. The minimum atomic E-state index is -0.737. The summed E-state index contributed by atoms with van der Waals surface area (Å²) in [7, 11) is 1.39. The third-order valence-corrected chi connectivity index (χ3v) is 5.97. The SMILES string of the molecule is CC=C(C)c1nc(NC2C3CCCC(CC3)C2C(=O)OC)c(F)cc1F. The number of hydrogen-bond acceptors (Lipinski definition) is 4. The van der Waals surface area contributed by atoms with Crippen molar-refractivity contribution in [2.45, 2.75) is 52.0 Å². The van der Waals surface area contributed by atoms with Gasteiger partial charge < -0.3 is 10.1 Å². The molecule has 4 atom stereocenters. The molecule has 3 aliphatic carbocycles. The van der Waals surface area contributed by atoms with Gasteiger partial charge in [-0.1, -0.05) is 12.5 Å². The number of ether oxygens (including phenoxy) is 1. The second-order valence-electron chi connectivity index (χ2n) is 7.37. The molecule has 3 fully saturated rings. The van der Waals surface area contributed by atoms with Gasteiger partial charge in [0.25, 0.3) is 0 Å². The van der Waals surface area contributed by atoms with Crippen LogP contribution in [0.4, 0.5) is 14.6 Å².